The summed E-state index contributed by atoms with van der Waals surface area (Å²) in [5.74, 6) is -0.188. The minimum atomic E-state index is -0.535. The molecule has 0 bridgehead atoms. The number of nitro benzene ring substituents is 1. The van der Waals surface area contributed by atoms with Gasteiger partial charge in [-0.25, -0.2) is 0 Å². The van der Waals surface area contributed by atoms with Crippen LogP contribution < -0.4 is 10.6 Å². The molecule has 0 aromatic heterocycles. The van der Waals surface area contributed by atoms with E-state index in [0.717, 1.165) is 12.8 Å². The van der Waals surface area contributed by atoms with E-state index < -0.39 is 4.92 Å². The highest BCUT2D eigenvalue weighted by Crippen LogP contribution is 2.31. The summed E-state index contributed by atoms with van der Waals surface area (Å²) in [5, 5.41) is 16.5. The first-order valence-corrected chi connectivity index (χ1v) is 5.92. The molecule has 7 heteroatoms. The number of carbonyl (C=O) groups is 1. The van der Waals surface area contributed by atoms with Crippen LogP contribution in [-0.2, 0) is 4.79 Å². The second kappa shape index (κ2) is 5.22. The van der Waals surface area contributed by atoms with E-state index in [0.29, 0.717) is 0 Å². The van der Waals surface area contributed by atoms with E-state index in [4.69, 9.17) is 11.6 Å². The fraction of sp³-hybridized carbons (Fsp3) is 0.364. The van der Waals surface area contributed by atoms with Crippen LogP contribution in [0.5, 0.6) is 0 Å². The monoisotopic (exact) mass is 269 g/mol. The molecule has 18 heavy (non-hydrogen) atoms. The van der Waals surface area contributed by atoms with Gasteiger partial charge >= 0.3 is 0 Å². The molecule has 0 saturated heterocycles. The largest absolute Gasteiger partial charge is 0.369 e. The molecule has 1 aliphatic rings. The summed E-state index contributed by atoms with van der Waals surface area (Å²) in [6, 6.07) is 4.64. The van der Waals surface area contributed by atoms with E-state index in [1.165, 1.54) is 18.2 Å². The molecular weight excluding hydrogens is 258 g/mol. The van der Waals surface area contributed by atoms with Crippen LogP contribution in [0.3, 0.4) is 0 Å². The summed E-state index contributed by atoms with van der Waals surface area (Å²) in [6.07, 6.45) is 2.00. The molecule has 1 aromatic carbocycles. The normalized spacial score (nSPS) is 14.1. The van der Waals surface area contributed by atoms with Crippen molar-refractivity contribution in [1.82, 2.24) is 5.32 Å². The van der Waals surface area contributed by atoms with E-state index in [-0.39, 0.29) is 34.9 Å². The number of amides is 1. The molecule has 2 rings (SSSR count). The van der Waals surface area contributed by atoms with Gasteiger partial charge in [-0.3, -0.25) is 14.9 Å². The summed E-state index contributed by atoms with van der Waals surface area (Å²) in [4.78, 5) is 21.8. The van der Waals surface area contributed by atoms with Crippen molar-refractivity contribution in [2.24, 2.45) is 0 Å². The minimum Gasteiger partial charge on any atom is -0.369 e. The van der Waals surface area contributed by atoms with Gasteiger partial charge in [0.15, 0.2) is 0 Å². The van der Waals surface area contributed by atoms with Crippen molar-refractivity contribution in [2.45, 2.75) is 18.9 Å². The third kappa shape index (κ3) is 3.10. The SMILES string of the molecule is O=C(CNc1c(Cl)cccc1[N+](=O)[O-])NC1CC1. The van der Waals surface area contributed by atoms with E-state index in [2.05, 4.69) is 10.6 Å². The van der Waals surface area contributed by atoms with Crippen molar-refractivity contribution in [3.05, 3.63) is 33.3 Å². The molecule has 1 saturated carbocycles. The molecular formula is C11H12ClN3O3. The van der Waals surface area contributed by atoms with Crippen molar-refractivity contribution >= 4 is 28.9 Å². The van der Waals surface area contributed by atoms with Gasteiger partial charge in [0.2, 0.25) is 5.91 Å². The Labute approximate surface area is 108 Å². The average Bonchev–Trinajstić information content (AvgIpc) is 3.10. The molecule has 0 aliphatic heterocycles. The molecule has 6 nitrogen and oxygen atoms in total. The number of benzene rings is 1. The predicted octanol–water partition coefficient (Wildman–Crippen LogP) is 1.94. The summed E-state index contributed by atoms with van der Waals surface area (Å²) >= 11 is 5.88. The van der Waals surface area contributed by atoms with Crippen LogP contribution in [0.1, 0.15) is 12.8 Å². The van der Waals surface area contributed by atoms with E-state index >= 15 is 0 Å². The highest BCUT2D eigenvalue weighted by molar-refractivity contribution is 6.33. The summed E-state index contributed by atoms with van der Waals surface area (Å²) in [7, 11) is 0. The number of anilines is 1. The summed E-state index contributed by atoms with van der Waals surface area (Å²) in [6.45, 7) is -0.0267. The van der Waals surface area contributed by atoms with Gasteiger partial charge in [0.25, 0.3) is 5.69 Å². The number of nitro groups is 1. The van der Waals surface area contributed by atoms with Crippen LogP contribution in [0.2, 0.25) is 5.02 Å². The third-order valence-electron chi connectivity index (χ3n) is 2.56. The first-order valence-electron chi connectivity index (χ1n) is 5.54. The van der Waals surface area contributed by atoms with Crippen molar-refractivity contribution in [1.29, 1.82) is 0 Å². The van der Waals surface area contributed by atoms with E-state index in [9.17, 15) is 14.9 Å². The first kappa shape index (κ1) is 12.6. The molecule has 0 unspecified atom stereocenters. The van der Waals surface area contributed by atoms with Crippen LogP contribution >= 0.6 is 11.6 Å². The Morgan fingerprint density at radius 1 is 1.50 bits per heavy atom. The molecule has 1 fully saturated rings. The zero-order valence-corrected chi connectivity index (χ0v) is 10.2. The zero-order valence-electron chi connectivity index (χ0n) is 9.48. The zero-order chi connectivity index (χ0) is 13.1. The Bertz CT molecular complexity index is 488. The number of para-hydroxylation sites is 1. The molecule has 0 spiro atoms. The predicted molar refractivity (Wildman–Crippen MR) is 67.8 cm³/mol. The van der Waals surface area contributed by atoms with Crippen LogP contribution in [0, 0.1) is 10.1 Å². The Morgan fingerprint density at radius 2 is 2.22 bits per heavy atom. The van der Waals surface area contributed by atoms with Crippen LogP contribution in [0.25, 0.3) is 0 Å². The Morgan fingerprint density at radius 3 is 2.83 bits per heavy atom. The average molecular weight is 270 g/mol. The number of carbonyl (C=O) groups excluding carboxylic acids is 1. The Balaban J connectivity index is 2.03. The maximum absolute atomic E-state index is 11.5. The highest BCUT2D eigenvalue weighted by Gasteiger charge is 2.23. The molecule has 0 atom stereocenters. The third-order valence-corrected chi connectivity index (χ3v) is 2.87. The Kier molecular flexibility index (Phi) is 3.66. The fourth-order valence-corrected chi connectivity index (χ4v) is 1.75. The van der Waals surface area contributed by atoms with Crippen molar-refractivity contribution < 1.29 is 9.72 Å². The van der Waals surface area contributed by atoms with E-state index in [1.54, 1.807) is 0 Å². The van der Waals surface area contributed by atoms with Gasteiger partial charge in [-0.05, 0) is 18.9 Å². The lowest BCUT2D eigenvalue weighted by atomic mass is 10.2. The molecule has 1 aromatic rings. The number of nitrogens with zero attached hydrogens (tertiary/aromatic N) is 1. The van der Waals surface area contributed by atoms with Gasteiger partial charge in [-0.15, -0.1) is 0 Å². The minimum absolute atomic E-state index is 0.0267. The molecule has 2 N–H and O–H groups in total. The highest BCUT2D eigenvalue weighted by atomic mass is 35.5. The van der Waals surface area contributed by atoms with Gasteiger partial charge in [0, 0.05) is 12.1 Å². The first-order chi connectivity index (χ1) is 8.58. The van der Waals surface area contributed by atoms with Crippen LogP contribution in [0.15, 0.2) is 18.2 Å². The number of rotatable bonds is 5. The van der Waals surface area contributed by atoms with Crippen molar-refractivity contribution in [3.63, 3.8) is 0 Å². The maximum atomic E-state index is 11.5. The van der Waals surface area contributed by atoms with Crippen molar-refractivity contribution in [2.75, 3.05) is 11.9 Å². The lowest BCUT2D eigenvalue weighted by molar-refractivity contribution is -0.383. The number of halogens is 1. The number of nitrogens with one attached hydrogen (secondary N) is 2. The second-order valence-corrected chi connectivity index (χ2v) is 4.49. The van der Waals surface area contributed by atoms with Gasteiger partial charge in [0.05, 0.1) is 16.5 Å². The van der Waals surface area contributed by atoms with Gasteiger partial charge in [-0.1, -0.05) is 17.7 Å². The Hall–Kier alpha value is -1.82. The number of hydrogen-bond acceptors (Lipinski definition) is 4. The van der Waals surface area contributed by atoms with Gasteiger partial charge in [-0.2, -0.15) is 0 Å². The molecule has 0 radical (unpaired) electrons. The quantitative estimate of drug-likeness (QED) is 0.632. The summed E-state index contributed by atoms with van der Waals surface area (Å²) in [5.41, 5.74) is 0.0387. The number of hydrogen-bond donors (Lipinski definition) is 2. The van der Waals surface area contributed by atoms with Crippen LogP contribution in [-0.4, -0.2) is 23.4 Å². The molecule has 1 aliphatic carbocycles. The van der Waals surface area contributed by atoms with Gasteiger partial charge < -0.3 is 10.6 Å². The standard InChI is InChI=1S/C11H12ClN3O3/c12-8-2-1-3-9(15(17)18)11(8)13-6-10(16)14-7-4-5-7/h1-3,7,13H,4-6H2,(H,14,16). The van der Waals surface area contributed by atoms with Crippen LogP contribution in [0.4, 0.5) is 11.4 Å². The van der Waals surface area contributed by atoms with Crippen molar-refractivity contribution in [3.8, 4) is 0 Å². The smallest absolute Gasteiger partial charge is 0.293 e. The van der Waals surface area contributed by atoms with Gasteiger partial charge in [0.1, 0.15) is 5.69 Å². The second-order valence-electron chi connectivity index (χ2n) is 4.09. The lowest BCUT2D eigenvalue weighted by Gasteiger charge is -2.08. The maximum Gasteiger partial charge on any atom is 0.293 e. The topological polar surface area (TPSA) is 84.3 Å². The molecule has 1 amide bonds. The summed E-state index contributed by atoms with van der Waals surface area (Å²) < 4.78 is 0. The fourth-order valence-electron chi connectivity index (χ4n) is 1.51. The van der Waals surface area contributed by atoms with E-state index in [1.807, 2.05) is 0 Å². The lowest BCUT2D eigenvalue weighted by Crippen LogP contribution is -2.31. The molecule has 96 valence electrons. The molecule has 0 heterocycles.